The molecule has 4 aromatic rings. The molecule has 0 amide bonds. The van der Waals surface area contributed by atoms with Gasteiger partial charge in [-0.2, -0.15) is 0 Å². The van der Waals surface area contributed by atoms with Gasteiger partial charge in [0.1, 0.15) is 0 Å². The second-order valence-electron chi connectivity index (χ2n) is 7.85. The molecule has 31 heavy (non-hydrogen) atoms. The average Bonchev–Trinajstić information content (AvgIpc) is 3.08. The summed E-state index contributed by atoms with van der Waals surface area (Å²) in [5.74, 6) is 0. The molecule has 5 nitrogen and oxygen atoms in total. The molecule has 1 aromatic heterocycles. The van der Waals surface area contributed by atoms with Gasteiger partial charge in [0, 0.05) is 35.4 Å². The van der Waals surface area contributed by atoms with Crippen LogP contribution in [0.2, 0.25) is 0 Å². The highest BCUT2D eigenvalue weighted by Gasteiger charge is 2.16. The van der Waals surface area contributed by atoms with Crippen molar-refractivity contribution in [3.63, 3.8) is 0 Å². The van der Waals surface area contributed by atoms with E-state index in [1.807, 2.05) is 48.5 Å². The fourth-order valence-corrected chi connectivity index (χ4v) is 5.18. The number of hydrogen-bond donors (Lipinski definition) is 1. The molecule has 0 atom stereocenters. The van der Waals surface area contributed by atoms with Gasteiger partial charge in [0.05, 0.1) is 4.90 Å². The Bertz CT molecular complexity index is 1320. The fraction of sp³-hybridized carbons (Fsp3) is 0.280. The lowest BCUT2D eigenvalue weighted by molar-refractivity contribution is 0.291. The number of rotatable bonds is 8. The SMILES string of the molecule is CCN(CC)CCn1c(C)cc2cc(NS(=O)(=O)c3ccc4ccccc4c3)ccc21. The number of nitrogens with one attached hydrogen (secondary N) is 1. The predicted octanol–water partition coefficient (Wildman–Crippen LogP) is 5.25. The van der Waals surface area contributed by atoms with Crippen LogP contribution in [0, 0.1) is 6.92 Å². The number of anilines is 1. The zero-order chi connectivity index (χ0) is 22.0. The van der Waals surface area contributed by atoms with E-state index in [0.29, 0.717) is 5.69 Å². The van der Waals surface area contributed by atoms with Crippen molar-refractivity contribution in [2.75, 3.05) is 24.4 Å². The van der Waals surface area contributed by atoms with Crippen LogP contribution in [0.15, 0.2) is 71.6 Å². The first-order chi connectivity index (χ1) is 14.9. The number of nitrogens with zero attached hydrogens (tertiary/aromatic N) is 2. The zero-order valence-corrected chi connectivity index (χ0v) is 19.1. The standard InChI is InChI=1S/C25H29N3O2S/c1-4-27(5-2)14-15-28-19(3)16-22-17-23(11-13-25(22)28)26-31(29,30)24-12-10-20-8-6-7-9-21(20)18-24/h6-13,16-18,26H,4-5,14-15H2,1-3H3. The van der Waals surface area contributed by atoms with E-state index in [1.165, 1.54) is 5.69 Å². The Hall–Kier alpha value is -2.83. The second-order valence-corrected chi connectivity index (χ2v) is 9.53. The van der Waals surface area contributed by atoms with Gasteiger partial charge in [-0.15, -0.1) is 0 Å². The molecule has 0 aliphatic rings. The monoisotopic (exact) mass is 435 g/mol. The molecule has 0 fully saturated rings. The summed E-state index contributed by atoms with van der Waals surface area (Å²) in [5.41, 5.74) is 2.87. The maximum Gasteiger partial charge on any atom is 0.261 e. The maximum absolute atomic E-state index is 13.0. The quantitative estimate of drug-likeness (QED) is 0.411. The minimum atomic E-state index is -3.67. The molecule has 4 rings (SSSR count). The minimum absolute atomic E-state index is 0.263. The summed E-state index contributed by atoms with van der Waals surface area (Å²) in [5, 5.41) is 2.96. The van der Waals surface area contributed by atoms with Crippen LogP contribution >= 0.6 is 0 Å². The summed E-state index contributed by atoms with van der Waals surface area (Å²) in [6, 6.07) is 20.8. The van der Waals surface area contributed by atoms with Crippen molar-refractivity contribution in [1.82, 2.24) is 9.47 Å². The molecule has 0 unspecified atom stereocenters. The highest BCUT2D eigenvalue weighted by Crippen LogP contribution is 2.26. The molecular formula is C25H29N3O2S. The Kier molecular flexibility index (Phi) is 6.03. The van der Waals surface area contributed by atoms with Gasteiger partial charge in [-0.3, -0.25) is 4.72 Å². The zero-order valence-electron chi connectivity index (χ0n) is 18.3. The number of hydrogen-bond acceptors (Lipinski definition) is 3. The van der Waals surface area contributed by atoms with Crippen LogP contribution in [0.25, 0.3) is 21.7 Å². The van der Waals surface area contributed by atoms with Crippen molar-refractivity contribution in [3.8, 4) is 0 Å². The lowest BCUT2D eigenvalue weighted by Crippen LogP contribution is -2.27. The Morgan fingerprint density at radius 3 is 2.35 bits per heavy atom. The van der Waals surface area contributed by atoms with E-state index in [9.17, 15) is 8.42 Å². The minimum Gasteiger partial charge on any atom is -0.344 e. The third-order valence-corrected chi connectivity index (χ3v) is 7.31. The summed E-state index contributed by atoms with van der Waals surface area (Å²) in [6.07, 6.45) is 0. The first-order valence-electron chi connectivity index (χ1n) is 10.7. The Morgan fingerprint density at radius 2 is 1.61 bits per heavy atom. The van der Waals surface area contributed by atoms with Crippen LogP contribution in [0.4, 0.5) is 5.69 Å². The van der Waals surface area contributed by atoms with Crippen molar-refractivity contribution in [1.29, 1.82) is 0 Å². The van der Waals surface area contributed by atoms with Crippen LogP contribution in [-0.4, -0.2) is 37.5 Å². The number of aromatic nitrogens is 1. The van der Waals surface area contributed by atoms with Crippen molar-refractivity contribution in [2.24, 2.45) is 0 Å². The molecule has 0 radical (unpaired) electrons. The first kappa shape index (κ1) is 21.4. The molecule has 0 aliphatic heterocycles. The van der Waals surface area contributed by atoms with Gasteiger partial charge in [0.25, 0.3) is 10.0 Å². The fourth-order valence-electron chi connectivity index (χ4n) is 4.10. The molecule has 0 aliphatic carbocycles. The van der Waals surface area contributed by atoms with E-state index in [2.05, 4.69) is 41.0 Å². The Morgan fingerprint density at radius 1 is 0.871 bits per heavy atom. The molecular weight excluding hydrogens is 406 g/mol. The van der Waals surface area contributed by atoms with Crippen LogP contribution in [0.1, 0.15) is 19.5 Å². The molecule has 3 aromatic carbocycles. The smallest absolute Gasteiger partial charge is 0.261 e. The van der Waals surface area contributed by atoms with Gasteiger partial charge in [0.15, 0.2) is 0 Å². The van der Waals surface area contributed by atoms with Crippen LogP contribution in [-0.2, 0) is 16.6 Å². The molecule has 0 saturated carbocycles. The van der Waals surface area contributed by atoms with E-state index in [-0.39, 0.29) is 4.90 Å². The van der Waals surface area contributed by atoms with Crippen LogP contribution in [0.3, 0.4) is 0 Å². The molecule has 1 heterocycles. The highest BCUT2D eigenvalue weighted by molar-refractivity contribution is 7.92. The molecule has 0 spiro atoms. The Balaban J connectivity index is 1.59. The van der Waals surface area contributed by atoms with Gasteiger partial charge >= 0.3 is 0 Å². The average molecular weight is 436 g/mol. The topological polar surface area (TPSA) is 54.3 Å². The summed E-state index contributed by atoms with van der Waals surface area (Å²) in [6.45, 7) is 10.4. The van der Waals surface area contributed by atoms with Crippen molar-refractivity contribution < 1.29 is 8.42 Å². The largest absolute Gasteiger partial charge is 0.344 e. The summed E-state index contributed by atoms with van der Waals surface area (Å²) >= 11 is 0. The molecule has 0 bridgehead atoms. The number of aryl methyl sites for hydroxylation is 1. The Labute approximate surface area is 184 Å². The van der Waals surface area contributed by atoms with E-state index in [4.69, 9.17) is 0 Å². The lowest BCUT2D eigenvalue weighted by atomic mass is 10.1. The molecule has 162 valence electrons. The maximum atomic E-state index is 13.0. The van der Waals surface area contributed by atoms with E-state index in [0.717, 1.165) is 47.9 Å². The second kappa shape index (κ2) is 8.73. The normalized spacial score (nSPS) is 12.1. The first-order valence-corrected chi connectivity index (χ1v) is 12.2. The van der Waals surface area contributed by atoms with Gasteiger partial charge < -0.3 is 9.47 Å². The third kappa shape index (κ3) is 4.45. The number of fused-ring (bicyclic) bond motifs is 2. The van der Waals surface area contributed by atoms with E-state index >= 15 is 0 Å². The highest BCUT2D eigenvalue weighted by atomic mass is 32.2. The molecule has 1 N–H and O–H groups in total. The van der Waals surface area contributed by atoms with Crippen LogP contribution in [0.5, 0.6) is 0 Å². The third-order valence-electron chi connectivity index (χ3n) is 5.93. The summed E-state index contributed by atoms with van der Waals surface area (Å²) in [4.78, 5) is 2.66. The van der Waals surface area contributed by atoms with Gasteiger partial charge in [-0.25, -0.2) is 8.42 Å². The number of benzene rings is 3. The number of sulfonamides is 1. The van der Waals surface area contributed by atoms with Gasteiger partial charge in [-0.05, 0) is 67.2 Å². The van der Waals surface area contributed by atoms with Crippen molar-refractivity contribution >= 4 is 37.4 Å². The van der Waals surface area contributed by atoms with Crippen molar-refractivity contribution in [3.05, 3.63) is 72.4 Å². The molecule has 6 heteroatoms. The predicted molar refractivity (Wildman–Crippen MR) is 129 cm³/mol. The van der Waals surface area contributed by atoms with E-state index in [1.54, 1.807) is 12.1 Å². The van der Waals surface area contributed by atoms with Gasteiger partial charge in [-0.1, -0.05) is 44.2 Å². The summed E-state index contributed by atoms with van der Waals surface area (Å²) in [7, 11) is -3.67. The number of likely N-dealkylation sites (N-methyl/N-ethyl adjacent to an activating group) is 1. The van der Waals surface area contributed by atoms with Crippen molar-refractivity contribution in [2.45, 2.75) is 32.2 Å². The van der Waals surface area contributed by atoms with Crippen LogP contribution < -0.4 is 4.72 Å². The van der Waals surface area contributed by atoms with E-state index < -0.39 is 10.0 Å². The lowest BCUT2D eigenvalue weighted by Gasteiger charge is -2.19. The molecule has 0 saturated heterocycles. The van der Waals surface area contributed by atoms with Gasteiger partial charge in [0.2, 0.25) is 0 Å². The summed E-state index contributed by atoms with van der Waals surface area (Å²) < 4.78 is 31.0.